The Kier molecular flexibility index (Phi) is 11.9. The molecule has 2 aliphatic rings. The third-order valence-electron chi connectivity index (χ3n) is 9.45. The van der Waals surface area contributed by atoms with Crippen LogP contribution >= 0.6 is 0 Å². The van der Waals surface area contributed by atoms with E-state index in [9.17, 15) is 29.7 Å². The summed E-state index contributed by atoms with van der Waals surface area (Å²) in [6.45, 7) is 2.65. The van der Waals surface area contributed by atoms with E-state index in [4.69, 9.17) is 41.9 Å². The van der Waals surface area contributed by atoms with Gasteiger partial charge in [-0.1, -0.05) is 60.7 Å². The molecule has 1 fully saturated rings. The van der Waals surface area contributed by atoms with Gasteiger partial charge in [-0.2, -0.15) is 0 Å². The number of aliphatic hydroxyl groups excluding tert-OH is 2. The van der Waals surface area contributed by atoms with Crippen molar-refractivity contribution in [1.82, 2.24) is 0 Å². The van der Waals surface area contributed by atoms with Crippen LogP contribution in [0.5, 0.6) is 17.2 Å². The smallest absolute Gasteiger partial charge is 0.308 e. The second-order valence-corrected chi connectivity index (χ2v) is 13.4. The van der Waals surface area contributed by atoms with Crippen LogP contribution in [0.4, 0.5) is 0 Å². The van der Waals surface area contributed by atoms with Gasteiger partial charge in [0.25, 0.3) is 0 Å². The number of aliphatic imine (C=N–C) groups is 1. The van der Waals surface area contributed by atoms with Crippen LogP contribution in [0.3, 0.4) is 0 Å². The largest absolute Gasteiger partial charge is 0.507 e. The molecule has 0 radical (unpaired) electrons. The standard InChI is InChI=1S/C41H43N5O10/c1-20-33(48)37(52)38(53-16-15-46-41(44)45)40(54-20)56-30-19-28-32(35(50)27(30)18-23-9-6-10-24(17-23)39(42)43)34(49)26-13-14-29(55-21(2)47)25(31(26)36(28)51)12-11-22-7-4-3-5-8-22/h3-14,17,19-20,33,37-40,48,50,52H,15-16,18,42-43H2,1-2H3,(H4,44,45,46)/b12-11+/t20-,33+,37+,38+,40+/m0/s1. The number of fused-ring (bicyclic) bond motifs is 2. The molecule has 1 saturated heterocycles. The molecule has 0 aromatic heterocycles. The summed E-state index contributed by atoms with van der Waals surface area (Å²) >= 11 is 0. The molecular formula is C41H43N5O10. The number of ether oxygens (including phenoxy) is 4. The number of hydrogen-bond donors (Lipinski definition) is 7. The lowest BCUT2D eigenvalue weighted by Crippen LogP contribution is -2.59. The summed E-state index contributed by atoms with van der Waals surface area (Å²) in [5.74, 6) is -2.74. The fourth-order valence-corrected chi connectivity index (χ4v) is 6.70. The van der Waals surface area contributed by atoms with E-state index in [-0.39, 0.29) is 70.4 Å². The molecular weight excluding hydrogens is 722 g/mol. The third kappa shape index (κ3) is 8.33. The van der Waals surface area contributed by atoms with Crippen LogP contribution in [0.1, 0.15) is 79.7 Å². The molecule has 1 aliphatic heterocycles. The molecule has 0 spiro atoms. The topological polar surface area (TPSA) is 265 Å². The number of hydrogen-bond acceptors (Lipinski definition) is 13. The first-order chi connectivity index (χ1) is 26.7. The molecule has 15 heteroatoms. The Balaban J connectivity index is 1.50. The SMILES string of the molecule is CC(=O)Oc1ccc2c(c1/C=C/c1ccccc1)C(=O)c1cc(O[C@H]3O[C@@H](C)[C@@H](O)[C@@H](O)[C@H]3OCCN=C(N)N)c(Cc3cccc(C(N)N)c3)c(O)c1C2=O. The number of ketones is 2. The van der Waals surface area contributed by atoms with E-state index in [0.29, 0.717) is 11.1 Å². The molecule has 292 valence electrons. The summed E-state index contributed by atoms with van der Waals surface area (Å²) in [7, 11) is 0. The van der Waals surface area contributed by atoms with Crippen molar-refractivity contribution in [2.75, 3.05) is 13.2 Å². The van der Waals surface area contributed by atoms with Crippen molar-refractivity contribution in [3.63, 3.8) is 0 Å². The predicted molar refractivity (Wildman–Crippen MR) is 206 cm³/mol. The molecule has 1 heterocycles. The molecule has 15 nitrogen and oxygen atoms in total. The zero-order valence-electron chi connectivity index (χ0n) is 30.6. The lowest BCUT2D eigenvalue weighted by atomic mass is 9.79. The summed E-state index contributed by atoms with van der Waals surface area (Å²) in [6.07, 6.45) is -4.09. The van der Waals surface area contributed by atoms with Gasteiger partial charge in [0.05, 0.1) is 31.0 Å². The Hall–Kier alpha value is -5.94. The normalized spacial score (nSPS) is 20.4. The van der Waals surface area contributed by atoms with Gasteiger partial charge in [0.1, 0.15) is 35.6 Å². The van der Waals surface area contributed by atoms with Gasteiger partial charge in [-0.25, -0.2) is 0 Å². The van der Waals surface area contributed by atoms with Crippen LogP contribution in [0.2, 0.25) is 0 Å². The summed E-state index contributed by atoms with van der Waals surface area (Å²) in [5.41, 5.74) is 24.5. The Labute approximate surface area is 322 Å². The van der Waals surface area contributed by atoms with Crippen molar-refractivity contribution in [2.24, 2.45) is 27.9 Å². The summed E-state index contributed by atoms with van der Waals surface area (Å²) in [6, 6.07) is 20.2. The third-order valence-corrected chi connectivity index (χ3v) is 9.45. The minimum absolute atomic E-state index is 0.0147. The highest BCUT2D eigenvalue weighted by molar-refractivity contribution is 6.31. The van der Waals surface area contributed by atoms with Crippen LogP contribution in [0, 0.1) is 0 Å². The van der Waals surface area contributed by atoms with Crippen molar-refractivity contribution in [1.29, 1.82) is 0 Å². The quantitative estimate of drug-likeness (QED) is 0.0183. The van der Waals surface area contributed by atoms with E-state index in [1.807, 2.05) is 30.3 Å². The second kappa shape index (κ2) is 16.8. The van der Waals surface area contributed by atoms with Gasteiger partial charge in [0.2, 0.25) is 6.29 Å². The first kappa shape index (κ1) is 39.7. The maximum atomic E-state index is 14.7. The van der Waals surface area contributed by atoms with Crippen LogP contribution < -0.4 is 32.4 Å². The number of carbonyl (C=O) groups excluding carboxylic acids is 3. The lowest BCUT2D eigenvalue weighted by Gasteiger charge is -2.41. The number of aromatic hydroxyl groups is 1. The van der Waals surface area contributed by atoms with Crippen LogP contribution in [0.15, 0.2) is 77.8 Å². The maximum absolute atomic E-state index is 14.7. The van der Waals surface area contributed by atoms with E-state index >= 15 is 0 Å². The zero-order chi connectivity index (χ0) is 40.3. The van der Waals surface area contributed by atoms with E-state index < -0.39 is 60.2 Å². The highest BCUT2D eigenvalue weighted by atomic mass is 16.7. The van der Waals surface area contributed by atoms with Gasteiger partial charge >= 0.3 is 5.97 Å². The monoisotopic (exact) mass is 765 g/mol. The fraction of sp³-hybridized carbons (Fsp3) is 0.268. The maximum Gasteiger partial charge on any atom is 0.308 e. The molecule has 0 bridgehead atoms. The number of phenolic OH excluding ortho intramolecular Hbond substituents is 1. The molecule has 56 heavy (non-hydrogen) atoms. The molecule has 6 rings (SSSR count). The van der Waals surface area contributed by atoms with Gasteiger partial charge in [-0.05, 0) is 47.9 Å². The van der Waals surface area contributed by atoms with Gasteiger partial charge in [-0.15, -0.1) is 0 Å². The Morgan fingerprint density at radius 3 is 2.34 bits per heavy atom. The van der Waals surface area contributed by atoms with Crippen LogP contribution in [0.25, 0.3) is 12.2 Å². The Bertz CT molecular complexity index is 2200. The highest BCUT2D eigenvalue weighted by Crippen LogP contribution is 2.44. The minimum Gasteiger partial charge on any atom is -0.507 e. The fourth-order valence-electron chi connectivity index (χ4n) is 6.70. The van der Waals surface area contributed by atoms with Gasteiger partial charge in [-0.3, -0.25) is 19.4 Å². The van der Waals surface area contributed by atoms with Crippen molar-refractivity contribution < 1.29 is 48.7 Å². The number of benzene rings is 4. The lowest BCUT2D eigenvalue weighted by molar-refractivity contribution is -0.278. The molecule has 0 unspecified atom stereocenters. The van der Waals surface area contributed by atoms with Crippen molar-refractivity contribution >= 4 is 35.6 Å². The Morgan fingerprint density at radius 1 is 0.911 bits per heavy atom. The average Bonchev–Trinajstić information content (AvgIpc) is 3.16. The van der Waals surface area contributed by atoms with Gasteiger partial charge in [0.15, 0.2) is 17.5 Å². The van der Waals surface area contributed by atoms with Crippen molar-refractivity contribution in [3.05, 3.63) is 123 Å². The van der Waals surface area contributed by atoms with Crippen LogP contribution in [-0.2, 0) is 20.7 Å². The van der Waals surface area contributed by atoms with E-state index in [2.05, 4.69) is 4.99 Å². The van der Waals surface area contributed by atoms with Crippen molar-refractivity contribution in [2.45, 2.75) is 57.1 Å². The molecule has 1 aliphatic carbocycles. The first-order valence-corrected chi connectivity index (χ1v) is 17.8. The number of nitrogens with two attached hydrogens (primary N) is 4. The predicted octanol–water partition coefficient (Wildman–Crippen LogP) is 2.27. The van der Waals surface area contributed by atoms with Gasteiger partial charge < -0.3 is 57.2 Å². The zero-order valence-corrected chi connectivity index (χ0v) is 30.6. The summed E-state index contributed by atoms with van der Waals surface area (Å²) < 4.78 is 23.7. The van der Waals surface area contributed by atoms with Crippen molar-refractivity contribution in [3.8, 4) is 17.2 Å². The molecule has 0 saturated carbocycles. The summed E-state index contributed by atoms with van der Waals surface area (Å²) in [4.78, 5) is 45.1. The second-order valence-electron chi connectivity index (χ2n) is 13.4. The molecule has 4 aromatic carbocycles. The van der Waals surface area contributed by atoms with Crippen LogP contribution in [-0.4, -0.2) is 82.7 Å². The van der Waals surface area contributed by atoms with E-state index in [1.54, 1.807) is 36.4 Å². The number of esters is 1. The number of nitrogens with zero attached hydrogens (tertiary/aromatic N) is 1. The highest BCUT2D eigenvalue weighted by Gasteiger charge is 2.46. The number of guanidine groups is 1. The Morgan fingerprint density at radius 2 is 1.64 bits per heavy atom. The first-order valence-electron chi connectivity index (χ1n) is 17.8. The number of rotatable bonds is 12. The molecule has 5 atom stereocenters. The molecule has 0 amide bonds. The molecule has 4 aromatic rings. The number of aliphatic hydroxyl groups is 2. The van der Waals surface area contributed by atoms with Gasteiger partial charge in [0, 0.05) is 41.2 Å². The average molecular weight is 766 g/mol. The van der Waals surface area contributed by atoms with E-state index in [0.717, 1.165) is 5.56 Å². The molecule has 11 N–H and O–H groups in total. The minimum atomic E-state index is -1.51. The number of phenols is 1. The number of carbonyl (C=O) groups is 3. The summed E-state index contributed by atoms with van der Waals surface area (Å²) in [5, 5.41) is 33.8. The van der Waals surface area contributed by atoms with E-state index in [1.165, 1.54) is 32.0 Å².